The second-order valence-corrected chi connectivity index (χ2v) is 4.23. The van der Waals surface area contributed by atoms with E-state index in [-0.39, 0.29) is 19.0 Å². The Labute approximate surface area is 76.9 Å². The lowest BCUT2D eigenvalue weighted by Crippen LogP contribution is -2.29. The molecule has 4 heteroatoms. The molecule has 78 valence electrons. The SMILES string of the molecule is CC(C)C1CC(C(F)(F)F)CN1C. The molecule has 0 amide bonds. The van der Waals surface area contributed by atoms with Gasteiger partial charge >= 0.3 is 6.18 Å². The van der Waals surface area contributed by atoms with Crippen molar-refractivity contribution in [2.45, 2.75) is 32.5 Å². The lowest BCUT2D eigenvalue weighted by molar-refractivity contribution is -0.170. The van der Waals surface area contributed by atoms with Gasteiger partial charge in [-0.05, 0) is 19.4 Å². The van der Waals surface area contributed by atoms with Crippen LogP contribution in [0, 0.1) is 11.8 Å². The molecule has 1 rings (SSSR count). The normalized spacial score (nSPS) is 31.6. The smallest absolute Gasteiger partial charge is 0.303 e. The second kappa shape index (κ2) is 3.48. The van der Waals surface area contributed by atoms with Crippen molar-refractivity contribution in [3.05, 3.63) is 0 Å². The van der Waals surface area contributed by atoms with Gasteiger partial charge in [0.2, 0.25) is 0 Å². The van der Waals surface area contributed by atoms with Crippen LogP contribution in [0.5, 0.6) is 0 Å². The predicted octanol–water partition coefficient (Wildman–Crippen LogP) is 2.53. The van der Waals surface area contributed by atoms with Crippen LogP contribution in [0.15, 0.2) is 0 Å². The fraction of sp³-hybridized carbons (Fsp3) is 1.00. The monoisotopic (exact) mass is 195 g/mol. The van der Waals surface area contributed by atoms with Gasteiger partial charge in [-0.25, -0.2) is 0 Å². The molecule has 1 saturated heterocycles. The molecule has 0 bridgehead atoms. The number of likely N-dealkylation sites (tertiary alicyclic amines) is 1. The zero-order valence-electron chi connectivity index (χ0n) is 8.23. The molecule has 1 aliphatic heterocycles. The second-order valence-electron chi connectivity index (χ2n) is 4.23. The van der Waals surface area contributed by atoms with E-state index >= 15 is 0 Å². The summed E-state index contributed by atoms with van der Waals surface area (Å²) in [5.74, 6) is -0.817. The summed E-state index contributed by atoms with van der Waals surface area (Å²) in [5, 5.41) is 0. The van der Waals surface area contributed by atoms with Gasteiger partial charge in [0.25, 0.3) is 0 Å². The van der Waals surface area contributed by atoms with Crippen molar-refractivity contribution in [1.29, 1.82) is 0 Å². The average molecular weight is 195 g/mol. The van der Waals surface area contributed by atoms with Crippen LogP contribution in [0.2, 0.25) is 0 Å². The van der Waals surface area contributed by atoms with Crippen molar-refractivity contribution in [2.24, 2.45) is 11.8 Å². The van der Waals surface area contributed by atoms with Crippen LogP contribution in [-0.4, -0.2) is 30.7 Å². The molecule has 2 atom stereocenters. The van der Waals surface area contributed by atoms with Gasteiger partial charge in [0.05, 0.1) is 5.92 Å². The number of hydrogen-bond acceptors (Lipinski definition) is 1. The van der Waals surface area contributed by atoms with E-state index in [0.717, 1.165) is 0 Å². The quantitative estimate of drug-likeness (QED) is 0.621. The first-order valence-electron chi connectivity index (χ1n) is 4.59. The lowest BCUT2D eigenvalue weighted by Gasteiger charge is -2.22. The van der Waals surface area contributed by atoms with E-state index in [4.69, 9.17) is 0 Å². The van der Waals surface area contributed by atoms with E-state index < -0.39 is 12.1 Å². The molecular weight excluding hydrogens is 179 g/mol. The number of halogens is 3. The first-order chi connectivity index (χ1) is 5.82. The van der Waals surface area contributed by atoms with Gasteiger partial charge in [-0.1, -0.05) is 13.8 Å². The maximum atomic E-state index is 12.3. The first-order valence-corrected chi connectivity index (χ1v) is 4.59. The van der Waals surface area contributed by atoms with Crippen molar-refractivity contribution in [3.8, 4) is 0 Å². The summed E-state index contributed by atoms with van der Waals surface area (Å²) in [4.78, 5) is 1.82. The summed E-state index contributed by atoms with van der Waals surface area (Å²) >= 11 is 0. The topological polar surface area (TPSA) is 3.24 Å². The Balaban J connectivity index is 2.60. The van der Waals surface area contributed by atoms with Crippen LogP contribution in [0.25, 0.3) is 0 Å². The molecule has 0 radical (unpaired) electrons. The summed E-state index contributed by atoms with van der Waals surface area (Å²) in [6.07, 6.45) is -3.75. The zero-order valence-corrected chi connectivity index (χ0v) is 8.23. The van der Waals surface area contributed by atoms with Gasteiger partial charge in [0.1, 0.15) is 0 Å². The van der Waals surface area contributed by atoms with Crippen molar-refractivity contribution in [3.63, 3.8) is 0 Å². The summed E-state index contributed by atoms with van der Waals surface area (Å²) in [5.41, 5.74) is 0. The number of alkyl halides is 3. The average Bonchev–Trinajstić information content (AvgIpc) is 2.29. The van der Waals surface area contributed by atoms with Crippen LogP contribution in [0.4, 0.5) is 13.2 Å². The molecular formula is C9H16F3N. The first kappa shape index (κ1) is 10.8. The Morgan fingerprint density at radius 2 is 1.85 bits per heavy atom. The molecule has 2 unspecified atom stereocenters. The van der Waals surface area contributed by atoms with Crippen molar-refractivity contribution in [1.82, 2.24) is 4.90 Å². The highest BCUT2D eigenvalue weighted by Gasteiger charge is 2.46. The molecule has 1 nitrogen and oxygen atoms in total. The van der Waals surface area contributed by atoms with E-state index in [2.05, 4.69) is 0 Å². The van der Waals surface area contributed by atoms with Crippen LogP contribution in [0.1, 0.15) is 20.3 Å². The largest absolute Gasteiger partial charge is 0.393 e. The van der Waals surface area contributed by atoms with E-state index in [1.54, 1.807) is 7.05 Å². The van der Waals surface area contributed by atoms with Crippen LogP contribution < -0.4 is 0 Å². The third-order valence-electron chi connectivity index (χ3n) is 2.83. The van der Waals surface area contributed by atoms with E-state index in [1.807, 2.05) is 18.7 Å². The Hall–Kier alpha value is -0.250. The van der Waals surface area contributed by atoms with Crippen LogP contribution >= 0.6 is 0 Å². The van der Waals surface area contributed by atoms with Gasteiger partial charge in [0.15, 0.2) is 0 Å². The predicted molar refractivity (Wildman–Crippen MR) is 45.4 cm³/mol. The van der Waals surface area contributed by atoms with Crippen molar-refractivity contribution in [2.75, 3.05) is 13.6 Å². The Morgan fingerprint density at radius 1 is 1.31 bits per heavy atom. The summed E-state index contributed by atoms with van der Waals surface area (Å²) in [6, 6.07) is 0.0895. The van der Waals surface area contributed by atoms with Gasteiger partial charge < -0.3 is 4.90 Å². The highest BCUT2D eigenvalue weighted by atomic mass is 19.4. The standard InChI is InChI=1S/C9H16F3N/c1-6(2)8-4-7(5-13(8)3)9(10,11)12/h6-8H,4-5H2,1-3H3. The minimum absolute atomic E-state index is 0.0895. The van der Waals surface area contributed by atoms with Gasteiger partial charge in [-0.15, -0.1) is 0 Å². The molecule has 0 aliphatic carbocycles. The fourth-order valence-corrected chi connectivity index (χ4v) is 2.05. The van der Waals surface area contributed by atoms with Crippen LogP contribution in [0.3, 0.4) is 0 Å². The molecule has 0 aromatic heterocycles. The maximum absolute atomic E-state index is 12.3. The summed E-state index contributed by atoms with van der Waals surface area (Å²) in [7, 11) is 1.77. The summed E-state index contributed by atoms with van der Waals surface area (Å²) < 4.78 is 37.0. The molecule has 0 saturated carbocycles. The zero-order chi connectivity index (χ0) is 10.2. The van der Waals surface area contributed by atoms with Crippen molar-refractivity contribution < 1.29 is 13.2 Å². The molecule has 0 aromatic rings. The van der Waals surface area contributed by atoms with Crippen LogP contribution in [-0.2, 0) is 0 Å². The van der Waals surface area contributed by atoms with E-state index in [0.29, 0.717) is 5.92 Å². The molecule has 0 spiro atoms. The minimum atomic E-state index is -4.02. The third-order valence-corrected chi connectivity index (χ3v) is 2.83. The number of rotatable bonds is 1. The maximum Gasteiger partial charge on any atom is 0.393 e. The fourth-order valence-electron chi connectivity index (χ4n) is 2.05. The highest BCUT2D eigenvalue weighted by Crippen LogP contribution is 2.37. The molecule has 0 N–H and O–H groups in total. The molecule has 13 heavy (non-hydrogen) atoms. The van der Waals surface area contributed by atoms with Gasteiger partial charge in [-0.3, -0.25) is 0 Å². The Bertz CT molecular complexity index is 176. The minimum Gasteiger partial charge on any atom is -0.303 e. The Morgan fingerprint density at radius 3 is 2.08 bits per heavy atom. The van der Waals surface area contributed by atoms with E-state index in [1.165, 1.54) is 0 Å². The number of nitrogens with zero attached hydrogens (tertiary/aromatic N) is 1. The van der Waals surface area contributed by atoms with Gasteiger partial charge in [-0.2, -0.15) is 13.2 Å². The Kier molecular flexibility index (Phi) is 2.90. The molecule has 1 heterocycles. The lowest BCUT2D eigenvalue weighted by atomic mass is 9.97. The van der Waals surface area contributed by atoms with Crippen molar-refractivity contribution >= 4 is 0 Å². The number of hydrogen-bond donors (Lipinski definition) is 0. The van der Waals surface area contributed by atoms with Gasteiger partial charge in [0, 0.05) is 12.6 Å². The molecule has 1 fully saturated rings. The molecule has 0 aromatic carbocycles. The van der Waals surface area contributed by atoms with E-state index in [9.17, 15) is 13.2 Å². The third kappa shape index (κ3) is 2.36. The highest BCUT2D eigenvalue weighted by molar-refractivity contribution is 4.88. The molecule has 1 aliphatic rings. The summed E-state index contributed by atoms with van der Waals surface area (Å²) in [6.45, 7) is 4.10.